The zero-order valence-corrected chi connectivity index (χ0v) is 9.08. The number of aliphatic hydroxyl groups is 1. The van der Waals surface area contributed by atoms with Crippen LogP contribution in [-0.2, 0) is 9.47 Å². The minimum atomic E-state index is -0.188. The van der Waals surface area contributed by atoms with Crippen LogP contribution in [0.1, 0.15) is 26.2 Å². The number of ether oxygens (including phenoxy) is 2. The van der Waals surface area contributed by atoms with Gasteiger partial charge in [-0.3, -0.25) is 0 Å². The summed E-state index contributed by atoms with van der Waals surface area (Å²) >= 11 is 0. The van der Waals surface area contributed by atoms with Gasteiger partial charge >= 0.3 is 0 Å². The molecule has 0 aliphatic carbocycles. The molecule has 0 aromatic heterocycles. The van der Waals surface area contributed by atoms with E-state index < -0.39 is 0 Å². The summed E-state index contributed by atoms with van der Waals surface area (Å²) in [6.45, 7) is 7.36. The molecule has 0 aliphatic heterocycles. The van der Waals surface area contributed by atoms with Crippen molar-refractivity contribution in [1.29, 1.82) is 0 Å². The van der Waals surface area contributed by atoms with Crippen LogP contribution in [0.25, 0.3) is 0 Å². The van der Waals surface area contributed by atoms with Gasteiger partial charge in [-0.2, -0.15) is 0 Å². The highest BCUT2D eigenvalue weighted by Gasteiger charge is 2.06. The van der Waals surface area contributed by atoms with Gasteiger partial charge in [0.25, 0.3) is 0 Å². The first-order chi connectivity index (χ1) is 6.85. The average molecular weight is 202 g/mol. The molecule has 1 N–H and O–H groups in total. The Hall–Kier alpha value is -0.380. The SMILES string of the molecule is C=CCOCC(CO)OCCCCC. The van der Waals surface area contributed by atoms with Gasteiger partial charge in [0, 0.05) is 6.61 Å². The zero-order chi connectivity index (χ0) is 10.6. The quantitative estimate of drug-likeness (QED) is 0.433. The molecule has 0 aromatic carbocycles. The van der Waals surface area contributed by atoms with E-state index in [0.29, 0.717) is 19.8 Å². The fourth-order valence-corrected chi connectivity index (χ4v) is 1.04. The van der Waals surface area contributed by atoms with Crippen molar-refractivity contribution in [3.63, 3.8) is 0 Å². The van der Waals surface area contributed by atoms with Gasteiger partial charge in [-0.05, 0) is 6.42 Å². The van der Waals surface area contributed by atoms with Crippen molar-refractivity contribution in [3.05, 3.63) is 12.7 Å². The number of hydrogen-bond donors (Lipinski definition) is 1. The lowest BCUT2D eigenvalue weighted by Gasteiger charge is -2.14. The molecule has 14 heavy (non-hydrogen) atoms. The molecular formula is C11H22O3. The van der Waals surface area contributed by atoms with E-state index in [1.54, 1.807) is 6.08 Å². The predicted octanol–water partition coefficient (Wildman–Crippen LogP) is 1.76. The van der Waals surface area contributed by atoms with Gasteiger partial charge in [0.15, 0.2) is 0 Å². The van der Waals surface area contributed by atoms with E-state index in [-0.39, 0.29) is 12.7 Å². The highest BCUT2D eigenvalue weighted by atomic mass is 16.5. The summed E-state index contributed by atoms with van der Waals surface area (Å²) < 4.78 is 10.6. The monoisotopic (exact) mass is 202 g/mol. The Kier molecular flexibility index (Phi) is 10.4. The topological polar surface area (TPSA) is 38.7 Å². The lowest BCUT2D eigenvalue weighted by molar-refractivity contribution is -0.0382. The van der Waals surface area contributed by atoms with E-state index in [0.717, 1.165) is 6.42 Å². The van der Waals surface area contributed by atoms with Crippen molar-refractivity contribution in [2.75, 3.05) is 26.4 Å². The van der Waals surface area contributed by atoms with Gasteiger partial charge in [-0.1, -0.05) is 25.8 Å². The van der Waals surface area contributed by atoms with Crippen molar-refractivity contribution < 1.29 is 14.6 Å². The third kappa shape index (κ3) is 8.23. The molecule has 3 heteroatoms. The van der Waals surface area contributed by atoms with Crippen molar-refractivity contribution in [3.8, 4) is 0 Å². The van der Waals surface area contributed by atoms with Crippen LogP contribution in [0, 0.1) is 0 Å². The van der Waals surface area contributed by atoms with Crippen LogP contribution in [-0.4, -0.2) is 37.6 Å². The van der Waals surface area contributed by atoms with E-state index in [9.17, 15) is 0 Å². The van der Waals surface area contributed by atoms with Gasteiger partial charge in [-0.25, -0.2) is 0 Å². The van der Waals surface area contributed by atoms with Crippen LogP contribution in [0.5, 0.6) is 0 Å². The van der Waals surface area contributed by atoms with Crippen LogP contribution in [0.2, 0.25) is 0 Å². The molecule has 0 aliphatic rings. The third-order valence-electron chi connectivity index (χ3n) is 1.84. The Morgan fingerprint density at radius 2 is 2.21 bits per heavy atom. The van der Waals surface area contributed by atoms with E-state index in [4.69, 9.17) is 14.6 Å². The summed E-state index contributed by atoms with van der Waals surface area (Å²) in [7, 11) is 0. The van der Waals surface area contributed by atoms with E-state index in [2.05, 4.69) is 13.5 Å². The van der Waals surface area contributed by atoms with Gasteiger partial charge < -0.3 is 14.6 Å². The number of rotatable bonds is 10. The zero-order valence-electron chi connectivity index (χ0n) is 9.08. The molecular weight excluding hydrogens is 180 g/mol. The Labute approximate surface area is 86.7 Å². The molecule has 0 saturated carbocycles. The Morgan fingerprint density at radius 3 is 2.79 bits per heavy atom. The smallest absolute Gasteiger partial charge is 0.104 e. The van der Waals surface area contributed by atoms with Crippen LogP contribution >= 0.6 is 0 Å². The minimum Gasteiger partial charge on any atom is -0.394 e. The molecule has 0 aromatic rings. The lowest BCUT2D eigenvalue weighted by atomic mass is 10.3. The van der Waals surface area contributed by atoms with Crippen molar-refractivity contribution >= 4 is 0 Å². The Morgan fingerprint density at radius 1 is 1.43 bits per heavy atom. The van der Waals surface area contributed by atoms with E-state index in [1.165, 1.54) is 12.8 Å². The molecule has 0 amide bonds. The number of aliphatic hydroxyl groups excluding tert-OH is 1. The van der Waals surface area contributed by atoms with Crippen molar-refractivity contribution in [2.45, 2.75) is 32.3 Å². The summed E-state index contributed by atoms with van der Waals surface area (Å²) in [5.74, 6) is 0. The molecule has 84 valence electrons. The Balaban J connectivity index is 3.33. The molecule has 0 saturated heterocycles. The summed E-state index contributed by atoms with van der Waals surface area (Å²) in [5, 5.41) is 8.95. The molecule has 0 rings (SSSR count). The second-order valence-corrected chi connectivity index (χ2v) is 3.21. The normalized spacial score (nSPS) is 12.7. The van der Waals surface area contributed by atoms with E-state index >= 15 is 0 Å². The van der Waals surface area contributed by atoms with Gasteiger partial charge in [-0.15, -0.1) is 6.58 Å². The molecule has 0 bridgehead atoms. The maximum Gasteiger partial charge on any atom is 0.104 e. The lowest BCUT2D eigenvalue weighted by Crippen LogP contribution is -2.24. The second-order valence-electron chi connectivity index (χ2n) is 3.21. The predicted molar refractivity (Wildman–Crippen MR) is 57.4 cm³/mol. The first kappa shape index (κ1) is 13.6. The maximum atomic E-state index is 8.95. The van der Waals surface area contributed by atoms with Crippen LogP contribution < -0.4 is 0 Å². The molecule has 0 radical (unpaired) electrons. The number of hydrogen-bond acceptors (Lipinski definition) is 3. The average Bonchev–Trinajstić information content (AvgIpc) is 2.22. The molecule has 3 nitrogen and oxygen atoms in total. The third-order valence-corrected chi connectivity index (χ3v) is 1.84. The largest absolute Gasteiger partial charge is 0.394 e. The fraction of sp³-hybridized carbons (Fsp3) is 0.818. The van der Waals surface area contributed by atoms with Crippen LogP contribution in [0.15, 0.2) is 12.7 Å². The highest BCUT2D eigenvalue weighted by molar-refractivity contribution is 4.65. The van der Waals surface area contributed by atoms with Crippen molar-refractivity contribution in [2.24, 2.45) is 0 Å². The fourth-order valence-electron chi connectivity index (χ4n) is 1.04. The molecule has 0 heterocycles. The molecule has 0 fully saturated rings. The van der Waals surface area contributed by atoms with Gasteiger partial charge in [0.2, 0.25) is 0 Å². The van der Waals surface area contributed by atoms with Gasteiger partial charge in [0.1, 0.15) is 6.10 Å². The highest BCUT2D eigenvalue weighted by Crippen LogP contribution is 1.98. The standard InChI is InChI=1S/C11H22O3/c1-3-5-6-8-14-11(9-12)10-13-7-4-2/h4,11-12H,2-3,5-10H2,1H3. The first-order valence-electron chi connectivity index (χ1n) is 5.26. The summed E-state index contributed by atoms with van der Waals surface area (Å²) in [6.07, 6.45) is 4.90. The second kappa shape index (κ2) is 10.7. The molecule has 1 unspecified atom stereocenters. The molecule has 1 atom stereocenters. The summed E-state index contributed by atoms with van der Waals surface area (Å²) in [5.41, 5.74) is 0. The maximum absolute atomic E-state index is 8.95. The van der Waals surface area contributed by atoms with Crippen LogP contribution in [0.3, 0.4) is 0 Å². The first-order valence-corrected chi connectivity index (χ1v) is 5.26. The van der Waals surface area contributed by atoms with Gasteiger partial charge in [0.05, 0.1) is 19.8 Å². The summed E-state index contributed by atoms with van der Waals surface area (Å²) in [6, 6.07) is 0. The van der Waals surface area contributed by atoms with Crippen LogP contribution in [0.4, 0.5) is 0 Å². The molecule has 0 spiro atoms. The number of unbranched alkanes of at least 4 members (excludes halogenated alkanes) is 2. The minimum absolute atomic E-state index is 0.0171. The Bertz CT molecular complexity index is 126. The summed E-state index contributed by atoms with van der Waals surface area (Å²) in [4.78, 5) is 0. The van der Waals surface area contributed by atoms with Crippen molar-refractivity contribution in [1.82, 2.24) is 0 Å². The van der Waals surface area contributed by atoms with E-state index in [1.807, 2.05) is 0 Å².